The van der Waals surface area contributed by atoms with Gasteiger partial charge in [0.1, 0.15) is 5.82 Å². The van der Waals surface area contributed by atoms with E-state index in [9.17, 15) is 8.42 Å². The Morgan fingerprint density at radius 2 is 1.88 bits per heavy atom. The van der Waals surface area contributed by atoms with E-state index in [0.717, 1.165) is 29.3 Å². The first-order chi connectivity index (χ1) is 11.7. The number of nitrogens with zero attached hydrogens (tertiary/aromatic N) is 2. The van der Waals surface area contributed by atoms with Crippen molar-refractivity contribution in [3.63, 3.8) is 0 Å². The third-order valence-electron chi connectivity index (χ3n) is 3.65. The number of para-hydroxylation sites is 1. The van der Waals surface area contributed by atoms with E-state index in [0.29, 0.717) is 5.82 Å². The quantitative estimate of drug-likeness (QED) is 0.360. The maximum Gasteiger partial charge on any atom is 0.224 e. The summed E-state index contributed by atoms with van der Waals surface area (Å²) in [5, 5.41) is 3.46. The summed E-state index contributed by atoms with van der Waals surface area (Å²) in [5.74, 6) is 0.664. The Labute approximate surface area is 156 Å². The molecule has 0 aliphatic heterocycles. The minimum absolute atomic E-state index is 0.178. The van der Waals surface area contributed by atoms with Gasteiger partial charge in [0.2, 0.25) is 16.2 Å². The van der Waals surface area contributed by atoms with Crippen molar-refractivity contribution in [2.24, 2.45) is 0 Å². The van der Waals surface area contributed by atoms with Gasteiger partial charge in [0, 0.05) is 32.1 Å². The molecule has 9 heteroatoms. The van der Waals surface area contributed by atoms with Crippen LogP contribution in [-0.4, -0.2) is 26.5 Å². The largest absolute Gasteiger partial charge is 0.340 e. The lowest BCUT2D eigenvalue weighted by atomic mass is 10.1. The molecule has 1 heterocycles. The van der Waals surface area contributed by atoms with Crippen LogP contribution in [0.4, 0.5) is 11.5 Å². The summed E-state index contributed by atoms with van der Waals surface area (Å²) >= 11 is 5.97. The van der Waals surface area contributed by atoms with Crippen molar-refractivity contribution < 1.29 is 8.42 Å². The minimum Gasteiger partial charge on any atom is -0.340 e. The van der Waals surface area contributed by atoms with Crippen LogP contribution in [0.25, 0.3) is 0 Å². The van der Waals surface area contributed by atoms with E-state index in [1.165, 1.54) is 0 Å². The van der Waals surface area contributed by atoms with Crippen LogP contribution in [0.1, 0.15) is 11.1 Å². The zero-order valence-corrected chi connectivity index (χ0v) is 17.2. The lowest BCUT2D eigenvalue weighted by Crippen LogP contribution is -2.20. The molecule has 0 fully saturated rings. The molecule has 136 valence electrons. The molecule has 0 aliphatic rings. The van der Waals surface area contributed by atoms with E-state index in [1.807, 2.05) is 24.3 Å². The first-order valence-electron chi connectivity index (χ1n) is 7.99. The average Bonchev–Trinajstić information content (AvgIpc) is 2.52. The van der Waals surface area contributed by atoms with Crippen molar-refractivity contribution in [3.8, 4) is 0 Å². The van der Waals surface area contributed by atoms with Crippen LogP contribution in [0.15, 0.2) is 30.5 Å². The normalized spacial score (nSPS) is 11.7. The molecule has 25 heavy (non-hydrogen) atoms. The molecular formula is C16H23ClN4O2SSi. The Bertz CT molecular complexity index is 801. The number of hydrogen-bond acceptors (Lipinski definition) is 5. The lowest BCUT2D eigenvalue weighted by molar-refractivity contribution is 0.601. The van der Waals surface area contributed by atoms with E-state index < -0.39 is 19.0 Å². The van der Waals surface area contributed by atoms with E-state index >= 15 is 0 Å². The summed E-state index contributed by atoms with van der Waals surface area (Å²) in [6.07, 6.45) is 2.63. The Hall–Kier alpha value is -1.48. The fraction of sp³-hybridized carbons (Fsp3) is 0.375. The van der Waals surface area contributed by atoms with Crippen LogP contribution in [0.3, 0.4) is 0 Å². The van der Waals surface area contributed by atoms with E-state index in [4.69, 9.17) is 11.6 Å². The van der Waals surface area contributed by atoms with Crippen LogP contribution in [0.2, 0.25) is 31.0 Å². The second-order valence-corrected chi connectivity index (χ2v) is 13.7. The van der Waals surface area contributed by atoms with Crippen LogP contribution in [0, 0.1) is 0 Å². The maximum absolute atomic E-state index is 10.8. The Balaban J connectivity index is 2.26. The van der Waals surface area contributed by atoms with Crippen molar-refractivity contribution in [2.45, 2.75) is 38.7 Å². The average molecular weight is 399 g/mol. The van der Waals surface area contributed by atoms with E-state index in [1.54, 1.807) is 6.20 Å². The van der Waals surface area contributed by atoms with Gasteiger partial charge in [-0.05, 0) is 29.7 Å². The SMILES string of the molecule is C[Si](C)(C)CCc1cnc(Cl)nc1Nc1ccccc1CN[SH](=O)=O. The van der Waals surface area contributed by atoms with E-state index in [-0.39, 0.29) is 11.8 Å². The zero-order valence-electron chi connectivity index (χ0n) is 14.5. The molecule has 2 rings (SSSR count). The number of nitrogens with one attached hydrogen (secondary N) is 2. The highest BCUT2D eigenvalue weighted by Gasteiger charge is 2.16. The van der Waals surface area contributed by atoms with Crippen molar-refractivity contribution in [3.05, 3.63) is 46.9 Å². The van der Waals surface area contributed by atoms with Crippen LogP contribution < -0.4 is 10.0 Å². The summed E-state index contributed by atoms with van der Waals surface area (Å²) in [6.45, 7) is 7.18. The molecule has 0 atom stereocenters. The highest BCUT2D eigenvalue weighted by molar-refractivity contribution is 7.70. The van der Waals surface area contributed by atoms with Crippen molar-refractivity contribution in [1.29, 1.82) is 0 Å². The number of aromatic nitrogens is 2. The second-order valence-electron chi connectivity index (χ2n) is 6.95. The zero-order chi connectivity index (χ0) is 18.4. The van der Waals surface area contributed by atoms with Crippen molar-refractivity contribution in [2.75, 3.05) is 5.32 Å². The number of aryl methyl sites for hydroxylation is 1. The molecule has 6 nitrogen and oxygen atoms in total. The standard InChI is InChI=1S/C16H23ClN4O2SSi/c1-25(2,3)9-8-13-10-18-16(17)21-15(13)20-14-7-5-4-6-12(14)11-19-24(22)23/h4-7,10,24H,8-9,11H2,1-3H3,(H,18,20,21)(H,19,22,23). The fourth-order valence-electron chi connectivity index (χ4n) is 2.26. The van der Waals surface area contributed by atoms with Gasteiger partial charge < -0.3 is 5.32 Å². The predicted molar refractivity (Wildman–Crippen MR) is 106 cm³/mol. The van der Waals surface area contributed by atoms with Crippen molar-refractivity contribution in [1.82, 2.24) is 14.7 Å². The van der Waals surface area contributed by atoms with Gasteiger partial charge in [-0.25, -0.2) is 23.1 Å². The van der Waals surface area contributed by atoms with Gasteiger partial charge in [0.15, 0.2) is 0 Å². The van der Waals surface area contributed by atoms with Gasteiger partial charge in [-0.2, -0.15) is 0 Å². The number of halogens is 1. The molecular weight excluding hydrogens is 376 g/mol. The predicted octanol–water partition coefficient (Wildman–Crippen LogP) is 3.37. The minimum atomic E-state index is -2.65. The number of benzene rings is 1. The summed E-state index contributed by atoms with van der Waals surface area (Å²) in [7, 11) is -3.84. The number of thiol groups is 1. The Kier molecular flexibility index (Phi) is 6.94. The molecule has 0 bridgehead atoms. The number of anilines is 2. The molecule has 2 N–H and O–H groups in total. The van der Waals surface area contributed by atoms with Crippen LogP contribution in [-0.2, 0) is 23.9 Å². The monoisotopic (exact) mass is 398 g/mol. The van der Waals surface area contributed by atoms with Gasteiger partial charge in [0.25, 0.3) is 0 Å². The second kappa shape index (κ2) is 8.75. The fourth-order valence-corrected chi connectivity index (χ4v) is 3.71. The third-order valence-corrected chi connectivity index (χ3v) is 6.00. The highest BCUT2D eigenvalue weighted by atomic mass is 35.5. The lowest BCUT2D eigenvalue weighted by Gasteiger charge is -2.18. The van der Waals surface area contributed by atoms with E-state index in [2.05, 4.69) is 39.6 Å². The summed E-state index contributed by atoms with van der Waals surface area (Å²) in [6, 6.07) is 8.60. The number of rotatable bonds is 8. The van der Waals surface area contributed by atoms with Gasteiger partial charge in [-0.3, -0.25) is 0 Å². The maximum atomic E-state index is 10.8. The summed E-state index contributed by atoms with van der Waals surface area (Å²) in [5.41, 5.74) is 2.62. The van der Waals surface area contributed by atoms with Gasteiger partial charge >= 0.3 is 0 Å². The molecule has 0 radical (unpaired) electrons. The van der Waals surface area contributed by atoms with Gasteiger partial charge in [0.05, 0.1) is 0 Å². The molecule has 1 aromatic carbocycles. The first kappa shape index (κ1) is 19.8. The molecule has 0 spiro atoms. The first-order valence-corrected chi connectivity index (χ1v) is 13.2. The molecule has 1 aromatic heterocycles. The smallest absolute Gasteiger partial charge is 0.224 e. The molecule has 0 amide bonds. The van der Waals surface area contributed by atoms with Gasteiger partial charge in [-0.1, -0.05) is 43.9 Å². The Morgan fingerprint density at radius 3 is 2.56 bits per heavy atom. The molecule has 0 unspecified atom stereocenters. The Morgan fingerprint density at radius 1 is 1.16 bits per heavy atom. The third kappa shape index (κ3) is 6.73. The van der Waals surface area contributed by atoms with Crippen LogP contribution in [0.5, 0.6) is 0 Å². The molecule has 0 saturated heterocycles. The number of hydrogen-bond donors (Lipinski definition) is 3. The highest BCUT2D eigenvalue weighted by Crippen LogP contribution is 2.25. The van der Waals surface area contributed by atoms with Gasteiger partial charge in [-0.15, -0.1) is 0 Å². The summed E-state index contributed by atoms with van der Waals surface area (Å²) in [4.78, 5) is 8.43. The topological polar surface area (TPSA) is 84.0 Å². The van der Waals surface area contributed by atoms with Crippen molar-refractivity contribution >= 4 is 42.1 Å². The molecule has 0 aliphatic carbocycles. The summed E-state index contributed by atoms with van der Waals surface area (Å²) < 4.78 is 24.0. The molecule has 2 aromatic rings. The molecule has 0 saturated carbocycles. The van der Waals surface area contributed by atoms with Crippen LogP contribution >= 0.6 is 11.6 Å².